The van der Waals surface area contributed by atoms with E-state index in [1.54, 1.807) is 0 Å². The van der Waals surface area contributed by atoms with E-state index in [0.29, 0.717) is 0 Å². The first kappa shape index (κ1) is 17.1. The fourth-order valence-corrected chi connectivity index (χ4v) is 3.09. The molecule has 1 heterocycles. The first-order valence-corrected chi connectivity index (χ1v) is 8.65. The van der Waals surface area contributed by atoms with Crippen LogP contribution in [0.15, 0.2) is 42.5 Å². The van der Waals surface area contributed by atoms with Crippen molar-refractivity contribution in [2.24, 2.45) is 0 Å². The van der Waals surface area contributed by atoms with E-state index >= 15 is 0 Å². The number of hydrogen-bond acceptors (Lipinski definition) is 4. The smallest absolute Gasteiger partial charge is 0.181 e. The molecule has 0 radical (unpaired) electrons. The van der Waals surface area contributed by atoms with E-state index in [-0.39, 0.29) is 0 Å². The molecule has 25 heavy (non-hydrogen) atoms. The summed E-state index contributed by atoms with van der Waals surface area (Å²) in [4.78, 5) is 0. The van der Waals surface area contributed by atoms with Gasteiger partial charge >= 0.3 is 0 Å². The third kappa shape index (κ3) is 3.40. The van der Waals surface area contributed by atoms with Gasteiger partial charge in [0.2, 0.25) is 0 Å². The molecule has 0 aliphatic carbocycles. The summed E-state index contributed by atoms with van der Waals surface area (Å²) in [6, 6.07) is 14.7. The number of tetrazole rings is 1. The van der Waals surface area contributed by atoms with Crippen LogP contribution in [0.2, 0.25) is 0 Å². The minimum absolute atomic E-state index is 0.425. The van der Waals surface area contributed by atoms with E-state index in [1.165, 1.54) is 16.7 Å². The number of anilines is 1. The molecule has 1 N–H and O–H groups in total. The van der Waals surface area contributed by atoms with Crippen LogP contribution in [0.1, 0.15) is 43.3 Å². The van der Waals surface area contributed by atoms with E-state index in [1.807, 2.05) is 4.68 Å². The molecule has 0 saturated carbocycles. The SMILES string of the molecule is CCc1cccc(C)c1-n1nnnc1C(C)(C)Nc1ccc(C)cc1. The van der Waals surface area contributed by atoms with Gasteiger partial charge in [-0.1, -0.05) is 42.8 Å². The minimum atomic E-state index is -0.425. The van der Waals surface area contributed by atoms with Gasteiger partial charge in [-0.15, -0.1) is 5.10 Å². The predicted octanol–water partition coefficient (Wildman–Crippen LogP) is 4.19. The first-order chi connectivity index (χ1) is 11.9. The molecule has 130 valence electrons. The molecule has 0 atom stereocenters. The maximum atomic E-state index is 4.33. The third-order valence-corrected chi connectivity index (χ3v) is 4.45. The van der Waals surface area contributed by atoms with Gasteiger partial charge in [0.15, 0.2) is 5.82 Å². The summed E-state index contributed by atoms with van der Waals surface area (Å²) in [5, 5.41) is 16.1. The van der Waals surface area contributed by atoms with Gasteiger partial charge < -0.3 is 5.32 Å². The summed E-state index contributed by atoms with van der Waals surface area (Å²) in [5.74, 6) is 0.789. The van der Waals surface area contributed by atoms with Crippen molar-refractivity contribution in [1.82, 2.24) is 20.2 Å². The van der Waals surface area contributed by atoms with Crippen molar-refractivity contribution in [1.29, 1.82) is 0 Å². The van der Waals surface area contributed by atoms with Gasteiger partial charge in [-0.25, -0.2) is 0 Å². The lowest BCUT2D eigenvalue weighted by molar-refractivity contribution is 0.540. The van der Waals surface area contributed by atoms with E-state index in [9.17, 15) is 0 Å². The molecule has 0 fully saturated rings. The maximum Gasteiger partial charge on any atom is 0.181 e. The van der Waals surface area contributed by atoms with Gasteiger partial charge in [-0.05, 0) is 67.8 Å². The lowest BCUT2D eigenvalue weighted by Crippen LogP contribution is -2.32. The number of aryl methyl sites for hydroxylation is 3. The Labute approximate surface area is 149 Å². The Bertz CT molecular complexity index is 862. The summed E-state index contributed by atoms with van der Waals surface area (Å²) < 4.78 is 1.87. The highest BCUT2D eigenvalue weighted by Crippen LogP contribution is 2.28. The highest BCUT2D eigenvalue weighted by atomic mass is 15.6. The summed E-state index contributed by atoms with van der Waals surface area (Å²) in [6.07, 6.45) is 0.933. The molecule has 1 aromatic heterocycles. The number of para-hydroxylation sites is 1. The summed E-state index contributed by atoms with van der Waals surface area (Å²) >= 11 is 0. The van der Waals surface area contributed by atoms with Crippen LogP contribution in [0.4, 0.5) is 5.69 Å². The van der Waals surface area contributed by atoms with E-state index in [0.717, 1.165) is 23.6 Å². The van der Waals surface area contributed by atoms with Crippen LogP contribution in [0.3, 0.4) is 0 Å². The van der Waals surface area contributed by atoms with Crippen LogP contribution in [0.25, 0.3) is 5.69 Å². The van der Waals surface area contributed by atoms with E-state index in [2.05, 4.69) is 97.9 Å². The molecule has 3 aromatic rings. The van der Waals surface area contributed by atoms with E-state index < -0.39 is 5.54 Å². The number of hydrogen-bond donors (Lipinski definition) is 1. The molecule has 0 unspecified atom stereocenters. The van der Waals surface area contributed by atoms with E-state index in [4.69, 9.17) is 0 Å². The summed E-state index contributed by atoms with van der Waals surface area (Å²) in [7, 11) is 0. The molecule has 0 bridgehead atoms. The van der Waals surface area contributed by atoms with Gasteiger partial charge in [0.1, 0.15) is 0 Å². The normalized spacial score (nSPS) is 11.6. The first-order valence-electron chi connectivity index (χ1n) is 8.65. The van der Waals surface area contributed by atoms with Crippen LogP contribution in [-0.4, -0.2) is 20.2 Å². The second kappa shape index (κ2) is 6.67. The molecule has 0 spiro atoms. The molecule has 0 aliphatic rings. The highest BCUT2D eigenvalue weighted by molar-refractivity contribution is 5.50. The number of aromatic nitrogens is 4. The fourth-order valence-electron chi connectivity index (χ4n) is 3.09. The van der Waals surface area contributed by atoms with Crippen molar-refractivity contribution >= 4 is 5.69 Å². The van der Waals surface area contributed by atoms with Crippen LogP contribution >= 0.6 is 0 Å². The zero-order valence-electron chi connectivity index (χ0n) is 15.5. The minimum Gasteiger partial charge on any atom is -0.373 e. The van der Waals surface area contributed by atoms with Crippen LogP contribution in [0.5, 0.6) is 0 Å². The van der Waals surface area contributed by atoms with Crippen molar-refractivity contribution in [3.63, 3.8) is 0 Å². The van der Waals surface area contributed by atoms with Crippen LogP contribution in [0, 0.1) is 13.8 Å². The molecule has 0 amide bonds. The zero-order valence-corrected chi connectivity index (χ0v) is 15.5. The highest BCUT2D eigenvalue weighted by Gasteiger charge is 2.29. The Kier molecular flexibility index (Phi) is 4.57. The fraction of sp³-hybridized carbons (Fsp3) is 0.350. The van der Waals surface area contributed by atoms with Crippen molar-refractivity contribution < 1.29 is 0 Å². The number of rotatable bonds is 5. The summed E-state index contributed by atoms with van der Waals surface area (Å²) in [5.41, 5.74) is 5.33. The van der Waals surface area contributed by atoms with Crippen molar-refractivity contribution in [3.8, 4) is 5.69 Å². The number of nitrogens with zero attached hydrogens (tertiary/aromatic N) is 4. The topological polar surface area (TPSA) is 55.6 Å². The second-order valence-corrected chi connectivity index (χ2v) is 6.97. The van der Waals surface area contributed by atoms with Crippen molar-refractivity contribution in [3.05, 3.63) is 65.0 Å². The van der Waals surface area contributed by atoms with Crippen LogP contribution < -0.4 is 5.32 Å². The van der Waals surface area contributed by atoms with Gasteiger partial charge in [-0.3, -0.25) is 0 Å². The largest absolute Gasteiger partial charge is 0.373 e. The second-order valence-electron chi connectivity index (χ2n) is 6.97. The Morgan fingerprint density at radius 2 is 1.76 bits per heavy atom. The zero-order chi connectivity index (χ0) is 18.0. The molecule has 0 saturated heterocycles. The number of benzene rings is 2. The molecule has 5 nitrogen and oxygen atoms in total. The number of nitrogens with one attached hydrogen (secondary N) is 1. The lowest BCUT2D eigenvalue weighted by Gasteiger charge is -2.27. The average Bonchev–Trinajstić information content (AvgIpc) is 3.06. The Morgan fingerprint density at radius 1 is 1.04 bits per heavy atom. The molecule has 2 aromatic carbocycles. The van der Waals surface area contributed by atoms with Crippen molar-refractivity contribution in [2.75, 3.05) is 5.32 Å². The van der Waals surface area contributed by atoms with Gasteiger partial charge in [0.05, 0.1) is 11.2 Å². The third-order valence-electron chi connectivity index (χ3n) is 4.45. The van der Waals surface area contributed by atoms with Crippen LogP contribution in [-0.2, 0) is 12.0 Å². The Morgan fingerprint density at radius 3 is 2.44 bits per heavy atom. The Hall–Kier alpha value is -2.69. The molecule has 0 aliphatic heterocycles. The standard InChI is InChI=1S/C20H25N5/c1-6-16-9-7-8-15(3)18(16)25-19(22-23-24-25)20(4,5)21-17-12-10-14(2)11-13-17/h7-13,21H,6H2,1-5H3. The molecule has 5 heteroatoms. The molecule has 3 rings (SSSR count). The Balaban J connectivity index is 2.02. The van der Waals surface area contributed by atoms with Crippen molar-refractivity contribution in [2.45, 2.75) is 46.6 Å². The average molecular weight is 335 g/mol. The van der Waals surface area contributed by atoms with Gasteiger partial charge in [-0.2, -0.15) is 4.68 Å². The quantitative estimate of drug-likeness (QED) is 0.759. The summed E-state index contributed by atoms with van der Waals surface area (Å²) in [6.45, 7) is 10.5. The van der Waals surface area contributed by atoms with Gasteiger partial charge in [0.25, 0.3) is 0 Å². The monoisotopic (exact) mass is 335 g/mol. The molecular formula is C20H25N5. The van der Waals surface area contributed by atoms with Gasteiger partial charge in [0, 0.05) is 5.69 Å². The molecular weight excluding hydrogens is 310 g/mol. The maximum absolute atomic E-state index is 4.33. The predicted molar refractivity (Wildman–Crippen MR) is 101 cm³/mol. The lowest BCUT2D eigenvalue weighted by atomic mass is 10.0.